The molecule has 0 heterocycles. The van der Waals surface area contributed by atoms with Crippen molar-refractivity contribution in [3.8, 4) is 0 Å². The van der Waals surface area contributed by atoms with Crippen molar-refractivity contribution in [1.82, 2.24) is 5.32 Å². The molecule has 1 aromatic rings. The normalized spacial score (nSPS) is 24.2. The maximum Gasteiger partial charge on any atom is 0.0438 e. The Hall–Kier alpha value is -0.530. The van der Waals surface area contributed by atoms with E-state index in [4.69, 9.17) is 11.6 Å². The zero-order valence-electron chi connectivity index (χ0n) is 10.8. The van der Waals surface area contributed by atoms with Gasteiger partial charge in [0.15, 0.2) is 0 Å². The second-order valence-electron chi connectivity index (χ2n) is 5.11. The topological polar surface area (TPSA) is 12.0 Å². The van der Waals surface area contributed by atoms with E-state index < -0.39 is 0 Å². The first-order valence-electron chi connectivity index (χ1n) is 6.71. The molecule has 1 nitrogen and oxygen atoms in total. The molecule has 94 valence electrons. The van der Waals surface area contributed by atoms with Gasteiger partial charge in [-0.2, -0.15) is 0 Å². The standard InChI is InChI=1S/C15H22ClN/c1-3-9-17-15-6-4-5-13(15)12-8-7-11(2)14(16)10-12/h7-8,10,13,15,17H,3-6,9H2,1-2H3. The van der Waals surface area contributed by atoms with E-state index in [1.165, 1.54) is 36.8 Å². The van der Waals surface area contributed by atoms with Crippen LogP contribution < -0.4 is 5.32 Å². The average Bonchev–Trinajstić information content (AvgIpc) is 2.78. The van der Waals surface area contributed by atoms with Crippen molar-refractivity contribution < 1.29 is 0 Å². The molecule has 2 unspecified atom stereocenters. The third kappa shape index (κ3) is 3.02. The van der Waals surface area contributed by atoms with E-state index in [-0.39, 0.29) is 0 Å². The van der Waals surface area contributed by atoms with Crippen molar-refractivity contribution in [2.24, 2.45) is 0 Å². The molecule has 0 aliphatic heterocycles. The highest BCUT2D eigenvalue weighted by Gasteiger charge is 2.27. The lowest BCUT2D eigenvalue weighted by molar-refractivity contribution is 0.479. The monoisotopic (exact) mass is 251 g/mol. The highest BCUT2D eigenvalue weighted by molar-refractivity contribution is 6.31. The summed E-state index contributed by atoms with van der Waals surface area (Å²) in [6.45, 7) is 5.41. The fourth-order valence-electron chi connectivity index (χ4n) is 2.77. The first-order chi connectivity index (χ1) is 8.22. The molecule has 0 bridgehead atoms. The molecule has 0 saturated heterocycles. The first-order valence-corrected chi connectivity index (χ1v) is 7.09. The van der Waals surface area contributed by atoms with Crippen molar-refractivity contribution in [3.05, 3.63) is 34.3 Å². The SMILES string of the molecule is CCCNC1CCCC1c1ccc(C)c(Cl)c1. The van der Waals surface area contributed by atoms with E-state index in [0.29, 0.717) is 12.0 Å². The van der Waals surface area contributed by atoms with Gasteiger partial charge in [-0.1, -0.05) is 37.1 Å². The number of rotatable bonds is 4. The number of hydrogen-bond acceptors (Lipinski definition) is 1. The van der Waals surface area contributed by atoms with Gasteiger partial charge < -0.3 is 5.32 Å². The summed E-state index contributed by atoms with van der Waals surface area (Å²) in [6.07, 6.45) is 5.13. The Labute approximate surface area is 110 Å². The summed E-state index contributed by atoms with van der Waals surface area (Å²) in [5, 5.41) is 4.58. The second kappa shape index (κ2) is 5.88. The Kier molecular flexibility index (Phi) is 4.47. The molecular weight excluding hydrogens is 230 g/mol. The van der Waals surface area contributed by atoms with Crippen LogP contribution in [0.15, 0.2) is 18.2 Å². The minimum Gasteiger partial charge on any atom is -0.313 e. The van der Waals surface area contributed by atoms with Gasteiger partial charge in [-0.15, -0.1) is 0 Å². The minimum absolute atomic E-state index is 0.647. The fourth-order valence-corrected chi connectivity index (χ4v) is 2.96. The highest BCUT2D eigenvalue weighted by atomic mass is 35.5. The Morgan fingerprint density at radius 3 is 2.88 bits per heavy atom. The van der Waals surface area contributed by atoms with Crippen molar-refractivity contribution in [3.63, 3.8) is 0 Å². The summed E-state index contributed by atoms with van der Waals surface area (Å²) < 4.78 is 0. The molecule has 0 aromatic heterocycles. The second-order valence-corrected chi connectivity index (χ2v) is 5.51. The van der Waals surface area contributed by atoms with Crippen LogP contribution in [0, 0.1) is 6.92 Å². The van der Waals surface area contributed by atoms with E-state index in [1.54, 1.807) is 0 Å². The molecule has 0 radical (unpaired) electrons. The lowest BCUT2D eigenvalue weighted by Crippen LogP contribution is -2.31. The smallest absolute Gasteiger partial charge is 0.0438 e. The lowest BCUT2D eigenvalue weighted by Gasteiger charge is -2.21. The predicted molar refractivity (Wildman–Crippen MR) is 74.9 cm³/mol. The summed E-state index contributed by atoms with van der Waals surface area (Å²) in [7, 11) is 0. The van der Waals surface area contributed by atoms with Gasteiger partial charge in [-0.25, -0.2) is 0 Å². The van der Waals surface area contributed by atoms with Crippen molar-refractivity contribution in [2.75, 3.05) is 6.54 Å². The molecule has 1 fully saturated rings. The molecule has 2 rings (SSSR count). The Bertz CT molecular complexity index is 375. The molecule has 1 saturated carbocycles. The summed E-state index contributed by atoms with van der Waals surface area (Å²) >= 11 is 6.22. The molecule has 0 amide bonds. The predicted octanol–water partition coefficient (Wildman–Crippen LogP) is 4.28. The third-order valence-corrected chi connectivity index (χ3v) is 4.20. The molecule has 2 heteroatoms. The van der Waals surface area contributed by atoms with Crippen LogP contribution >= 0.6 is 11.6 Å². The Morgan fingerprint density at radius 1 is 1.35 bits per heavy atom. The first kappa shape index (κ1) is 12.9. The molecule has 1 aliphatic rings. The van der Waals surface area contributed by atoms with Crippen LogP contribution in [0.5, 0.6) is 0 Å². The van der Waals surface area contributed by atoms with Gasteiger partial charge in [0, 0.05) is 11.1 Å². The number of halogens is 1. The Morgan fingerprint density at radius 2 is 2.18 bits per heavy atom. The summed E-state index contributed by atoms with van der Waals surface area (Å²) in [5.41, 5.74) is 2.58. The van der Waals surface area contributed by atoms with E-state index >= 15 is 0 Å². The lowest BCUT2D eigenvalue weighted by atomic mass is 9.93. The van der Waals surface area contributed by atoms with Crippen LogP contribution in [-0.2, 0) is 0 Å². The van der Waals surface area contributed by atoms with Crippen LogP contribution in [0.3, 0.4) is 0 Å². The summed E-state index contributed by atoms with van der Waals surface area (Å²) in [4.78, 5) is 0. The van der Waals surface area contributed by atoms with Crippen molar-refractivity contribution in [2.45, 2.75) is 51.5 Å². The minimum atomic E-state index is 0.647. The molecule has 0 spiro atoms. The summed E-state index contributed by atoms with van der Waals surface area (Å²) in [6, 6.07) is 7.20. The van der Waals surface area contributed by atoms with E-state index in [2.05, 4.69) is 37.4 Å². The molecular formula is C15H22ClN. The number of benzene rings is 1. The van der Waals surface area contributed by atoms with E-state index in [0.717, 1.165) is 11.6 Å². The van der Waals surface area contributed by atoms with Crippen molar-refractivity contribution >= 4 is 11.6 Å². The molecule has 1 aromatic carbocycles. The van der Waals surface area contributed by atoms with Crippen LogP contribution in [0.1, 0.15) is 49.7 Å². The molecule has 1 N–H and O–H groups in total. The number of aryl methyl sites for hydroxylation is 1. The van der Waals surface area contributed by atoms with Crippen LogP contribution in [0.4, 0.5) is 0 Å². The van der Waals surface area contributed by atoms with Gasteiger partial charge in [-0.05, 0) is 55.8 Å². The maximum atomic E-state index is 6.22. The zero-order valence-corrected chi connectivity index (χ0v) is 11.6. The van der Waals surface area contributed by atoms with Gasteiger partial charge in [0.05, 0.1) is 0 Å². The average molecular weight is 252 g/mol. The Balaban J connectivity index is 2.11. The molecule has 17 heavy (non-hydrogen) atoms. The van der Waals surface area contributed by atoms with Crippen molar-refractivity contribution in [1.29, 1.82) is 0 Å². The maximum absolute atomic E-state index is 6.22. The van der Waals surface area contributed by atoms with Crippen LogP contribution in [0.2, 0.25) is 5.02 Å². The van der Waals surface area contributed by atoms with E-state index in [1.807, 2.05) is 0 Å². The van der Waals surface area contributed by atoms with Gasteiger partial charge >= 0.3 is 0 Å². The number of nitrogens with one attached hydrogen (secondary N) is 1. The van der Waals surface area contributed by atoms with Crippen LogP contribution in [0.25, 0.3) is 0 Å². The largest absolute Gasteiger partial charge is 0.313 e. The van der Waals surface area contributed by atoms with Gasteiger partial charge in [-0.3, -0.25) is 0 Å². The van der Waals surface area contributed by atoms with Gasteiger partial charge in [0.25, 0.3) is 0 Å². The highest BCUT2D eigenvalue weighted by Crippen LogP contribution is 2.36. The molecule has 1 aliphatic carbocycles. The molecule has 2 atom stereocenters. The van der Waals surface area contributed by atoms with Gasteiger partial charge in [0.1, 0.15) is 0 Å². The quantitative estimate of drug-likeness (QED) is 0.842. The third-order valence-electron chi connectivity index (χ3n) is 3.80. The van der Waals surface area contributed by atoms with E-state index in [9.17, 15) is 0 Å². The zero-order chi connectivity index (χ0) is 12.3. The fraction of sp³-hybridized carbons (Fsp3) is 0.600. The number of hydrogen-bond donors (Lipinski definition) is 1. The summed E-state index contributed by atoms with van der Waals surface area (Å²) in [5.74, 6) is 0.652. The van der Waals surface area contributed by atoms with Crippen LogP contribution in [-0.4, -0.2) is 12.6 Å². The van der Waals surface area contributed by atoms with Gasteiger partial charge in [0.2, 0.25) is 0 Å².